The summed E-state index contributed by atoms with van der Waals surface area (Å²) in [5, 5.41) is 0. The third-order valence-corrected chi connectivity index (χ3v) is 4.36. The second-order valence-corrected chi connectivity index (χ2v) is 6.59. The van der Waals surface area contributed by atoms with E-state index in [1.807, 2.05) is 24.0 Å². The molecule has 1 saturated heterocycles. The third-order valence-electron chi connectivity index (χ3n) is 2.75. The van der Waals surface area contributed by atoms with E-state index in [-0.39, 0.29) is 18.1 Å². The van der Waals surface area contributed by atoms with Gasteiger partial charge in [-0.2, -0.15) is 0 Å². The fourth-order valence-corrected chi connectivity index (χ4v) is 3.12. The summed E-state index contributed by atoms with van der Waals surface area (Å²) < 4.78 is 6.51. The molecular weight excluding hydrogens is 304 g/mol. The molecule has 0 spiro atoms. The van der Waals surface area contributed by atoms with Crippen molar-refractivity contribution >= 4 is 33.2 Å². The Labute approximate surface area is 113 Å². The topological polar surface area (TPSA) is 55.6 Å². The molecule has 2 rings (SSSR count). The van der Waals surface area contributed by atoms with Gasteiger partial charge in [-0.3, -0.25) is 4.79 Å². The molecule has 0 radical (unpaired) electrons. The van der Waals surface area contributed by atoms with Crippen LogP contribution < -0.4 is 5.73 Å². The summed E-state index contributed by atoms with van der Waals surface area (Å²) in [5.74, 6) is 0.0645. The van der Waals surface area contributed by atoms with Crippen LogP contribution in [0.15, 0.2) is 15.9 Å². The van der Waals surface area contributed by atoms with Crippen molar-refractivity contribution in [1.29, 1.82) is 0 Å². The zero-order valence-corrected chi connectivity index (χ0v) is 12.0. The minimum absolute atomic E-state index is 0.0549. The van der Waals surface area contributed by atoms with Crippen LogP contribution in [0.25, 0.3) is 0 Å². The van der Waals surface area contributed by atoms with Gasteiger partial charge in [-0.15, -0.1) is 11.3 Å². The number of carbonyl (C=O) groups excluding carboxylic acids is 1. The molecule has 1 aliphatic heterocycles. The van der Waals surface area contributed by atoms with Crippen LogP contribution in [0.4, 0.5) is 0 Å². The fourth-order valence-electron chi connectivity index (χ4n) is 1.76. The molecule has 0 bridgehead atoms. The van der Waals surface area contributed by atoms with E-state index in [0.29, 0.717) is 19.7 Å². The smallest absolute Gasteiger partial charge is 0.264 e. The zero-order valence-electron chi connectivity index (χ0n) is 9.56. The first kappa shape index (κ1) is 13.0. The van der Waals surface area contributed by atoms with Crippen molar-refractivity contribution in [3.8, 4) is 0 Å². The van der Waals surface area contributed by atoms with Gasteiger partial charge in [-0.25, -0.2) is 0 Å². The molecule has 1 fully saturated rings. The summed E-state index contributed by atoms with van der Waals surface area (Å²) in [6.45, 7) is 3.68. The second-order valence-electron chi connectivity index (χ2n) is 4.12. The molecule has 1 aromatic heterocycles. The number of nitrogens with zero attached hydrogens (tertiary/aromatic N) is 1. The van der Waals surface area contributed by atoms with E-state index in [9.17, 15) is 4.79 Å². The SMILES string of the molecule is CC(N)C1CN(C(=O)c2ccc(Br)s2)CCO1. The summed E-state index contributed by atoms with van der Waals surface area (Å²) in [6.07, 6.45) is -0.0592. The van der Waals surface area contributed by atoms with Crippen molar-refractivity contribution in [2.45, 2.75) is 19.1 Å². The Bertz CT molecular complexity index is 408. The minimum atomic E-state index is -0.0592. The molecule has 2 unspecified atom stereocenters. The summed E-state index contributed by atoms with van der Waals surface area (Å²) in [6, 6.07) is 3.68. The molecule has 1 aromatic rings. The molecule has 0 saturated carbocycles. The minimum Gasteiger partial charge on any atom is -0.373 e. The average Bonchev–Trinajstić information content (AvgIpc) is 2.75. The number of morpholine rings is 1. The largest absolute Gasteiger partial charge is 0.373 e. The monoisotopic (exact) mass is 318 g/mol. The molecule has 4 nitrogen and oxygen atoms in total. The fraction of sp³-hybridized carbons (Fsp3) is 0.545. The highest BCUT2D eigenvalue weighted by Gasteiger charge is 2.27. The van der Waals surface area contributed by atoms with Gasteiger partial charge in [0.2, 0.25) is 0 Å². The number of hydrogen-bond acceptors (Lipinski definition) is 4. The lowest BCUT2D eigenvalue weighted by atomic mass is 10.1. The molecule has 2 atom stereocenters. The molecule has 0 aromatic carbocycles. The van der Waals surface area contributed by atoms with Crippen molar-refractivity contribution in [1.82, 2.24) is 4.90 Å². The van der Waals surface area contributed by atoms with E-state index < -0.39 is 0 Å². The number of amides is 1. The summed E-state index contributed by atoms with van der Waals surface area (Å²) in [4.78, 5) is 14.8. The highest BCUT2D eigenvalue weighted by molar-refractivity contribution is 9.11. The van der Waals surface area contributed by atoms with E-state index in [4.69, 9.17) is 10.5 Å². The number of ether oxygens (including phenoxy) is 1. The van der Waals surface area contributed by atoms with Crippen molar-refractivity contribution < 1.29 is 9.53 Å². The van der Waals surface area contributed by atoms with Crippen LogP contribution >= 0.6 is 27.3 Å². The standard InChI is InChI=1S/C11H15BrN2O2S/c1-7(13)8-6-14(4-5-16-8)11(15)9-2-3-10(12)17-9/h2-3,7-8H,4-6,13H2,1H3. The van der Waals surface area contributed by atoms with Crippen molar-refractivity contribution in [3.63, 3.8) is 0 Å². The maximum atomic E-state index is 12.2. The van der Waals surface area contributed by atoms with Gasteiger partial charge >= 0.3 is 0 Å². The number of halogens is 1. The summed E-state index contributed by atoms with van der Waals surface area (Å²) in [7, 11) is 0. The van der Waals surface area contributed by atoms with Crippen molar-refractivity contribution in [3.05, 3.63) is 20.8 Å². The molecular formula is C11H15BrN2O2S. The predicted octanol–water partition coefficient (Wildman–Crippen LogP) is 1.70. The van der Waals surface area contributed by atoms with E-state index in [1.54, 1.807) is 0 Å². The van der Waals surface area contributed by atoms with Crippen molar-refractivity contribution in [2.75, 3.05) is 19.7 Å². The maximum absolute atomic E-state index is 12.2. The van der Waals surface area contributed by atoms with Gasteiger partial charge in [-0.05, 0) is 35.0 Å². The van der Waals surface area contributed by atoms with E-state index >= 15 is 0 Å². The Morgan fingerprint density at radius 1 is 1.71 bits per heavy atom. The Kier molecular flexibility index (Phi) is 4.19. The quantitative estimate of drug-likeness (QED) is 0.903. The number of hydrogen-bond donors (Lipinski definition) is 1. The number of rotatable bonds is 2. The molecule has 6 heteroatoms. The molecule has 17 heavy (non-hydrogen) atoms. The highest BCUT2D eigenvalue weighted by Crippen LogP contribution is 2.24. The van der Waals surface area contributed by atoms with Crippen LogP contribution in [-0.4, -0.2) is 42.6 Å². The van der Waals surface area contributed by atoms with Gasteiger partial charge in [0.25, 0.3) is 5.91 Å². The summed E-state index contributed by atoms with van der Waals surface area (Å²) in [5.41, 5.74) is 5.80. The predicted molar refractivity (Wildman–Crippen MR) is 71.3 cm³/mol. The van der Waals surface area contributed by atoms with E-state index in [2.05, 4.69) is 15.9 Å². The molecule has 1 aliphatic rings. The third kappa shape index (κ3) is 3.07. The molecule has 2 heterocycles. The normalized spacial score (nSPS) is 22.5. The summed E-state index contributed by atoms with van der Waals surface area (Å²) >= 11 is 4.82. The Hall–Kier alpha value is -0.430. The maximum Gasteiger partial charge on any atom is 0.264 e. The van der Waals surface area contributed by atoms with Crippen LogP contribution in [0, 0.1) is 0 Å². The lowest BCUT2D eigenvalue weighted by molar-refractivity contribution is -0.0298. The van der Waals surface area contributed by atoms with Crippen molar-refractivity contribution in [2.24, 2.45) is 5.73 Å². The van der Waals surface area contributed by atoms with E-state index in [1.165, 1.54) is 11.3 Å². The van der Waals surface area contributed by atoms with Gasteiger partial charge in [0.1, 0.15) is 0 Å². The first-order valence-corrected chi connectivity index (χ1v) is 7.10. The molecule has 94 valence electrons. The van der Waals surface area contributed by atoms with E-state index in [0.717, 1.165) is 8.66 Å². The molecule has 0 aliphatic carbocycles. The number of nitrogens with two attached hydrogens (primary N) is 1. The van der Waals surface area contributed by atoms with Gasteiger partial charge < -0.3 is 15.4 Å². The van der Waals surface area contributed by atoms with Crippen LogP contribution in [0.2, 0.25) is 0 Å². The first-order valence-electron chi connectivity index (χ1n) is 5.49. The Morgan fingerprint density at radius 2 is 2.47 bits per heavy atom. The zero-order chi connectivity index (χ0) is 12.4. The van der Waals surface area contributed by atoms with Gasteiger partial charge in [0.15, 0.2) is 0 Å². The second kappa shape index (κ2) is 5.48. The molecule has 1 amide bonds. The highest BCUT2D eigenvalue weighted by atomic mass is 79.9. The lowest BCUT2D eigenvalue weighted by Gasteiger charge is -2.34. The van der Waals surface area contributed by atoms with Crippen LogP contribution in [0.5, 0.6) is 0 Å². The van der Waals surface area contributed by atoms with Crippen LogP contribution in [0.1, 0.15) is 16.6 Å². The number of carbonyl (C=O) groups is 1. The number of thiophene rings is 1. The Morgan fingerprint density at radius 3 is 3.06 bits per heavy atom. The van der Waals surface area contributed by atoms with Crippen LogP contribution in [0.3, 0.4) is 0 Å². The van der Waals surface area contributed by atoms with Gasteiger partial charge in [-0.1, -0.05) is 0 Å². The first-order chi connectivity index (χ1) is 8.08. The Balaban J connectivity index is 2.04. The average molecular weight is 319 g/mol. The lowest BCUT2D eigenvalue weighted by Crippen LogP contribution is -2.51. The van der Waals surface area contributed by atoms with Crippen LogP contribution in [-0.2, 0) is 4.74 Å². The molecule has 2 N–H and O–H groups in total. The van der Waals surface area contributed by atoms with Gasteiger partial charge in [0.05, 0.1) is 21.4 Å². The van der Waals surface area contributed by atoms with Gasteiger partial charge in [0, 0.05) is 19.1 Å².